The Hall–Kier alpha value is -3.13. The molecule has 1 aliphatic heterocycles. The molecule has 0 saturated carbocycles. The number of thiophene rings is 1. The number of urea groups is 1. The van der Waals surface area contributed by atoms with Crippen molar-refractivity contribution in [2.75, 3.05) is 23.7 Å². The van der Waals surface area contributed by atoms with Crippen LogP contribution in [0.25, 0.3) is 11.0 Å². The Balaban J connectivity index is 1.36. The molecular weight excluding hydrogens is 378 g/mol. The Morgan fingerprint density at radius 1 is 1.07 bits per heavy atom. The van der Waals surface area contributed by atoms with E-state index in [1.165, 1.54) is 11.3 Å². The molecule has 3 amide bonds. The first-order valence-corrected chi connectivity index (χ1v) is 9.91. The van der Waals surface area contributed by atoms with E-state index in [9.17, 15) is 14.4 Å². The summed E-state index contributed by atoms with van der Waals surface area (Å²) in [6.45, 7) is 0.975. The van der Waals surface area contributed by atoms with Crippen molar-refractivity contribution in [3.05, 3.63) is 58.3 Å². The highest BCUT2D eigenvalue weighted by atomic mass is 32.1. The van der Waals surface area contributed by atoms with Gasteiger partial charge in [0.2, 0.25) is 5.91 Å². The molecule has 0 spiro atoms. The number of nitrogens with zero attached hydrogens (tertiary/aromatic N) is 1. The largest absolute Gasteiger partial charge is 0.421 e. The van der Waals surface area contributed by atoms with E-state index in [2.05, 4.69) is 10.6 Å². The lowest BCUT2D eigenvalue weighted by molar-refractivity contribution is -0.121. The summed E-state index contributed by atoms with van der Waals surface area (Å²) in [4.78, 5) is 38.7. The van der Waals surface area contributed by atoms with Crippen LogP contribution in [0.4, 0.5) is 15.5 Å². The SMILES string of the molecule is O=C(Nc1cc2ccccc2oc1=O)C1CCN(C(=O)Nc2cccs2)CC1. The number of hydrogen-bond acceptors (Lipinski definition) is 5. The number of amides is 3. The minimum absolute atomic E-state index is 0.140. The van der Waals surface area contributed by atoms with Crippen molar-refractivity contribution in [1.29, 1.82) is 0 Å². The summed E-state index contributed by atoms with van der Waals surface area (Å²) in [6.07, 6.45) is 1.09. The smallest absolute Gasteiger partial charge is 0.360 e. The van der Waals surface area contributed by atoms with E-state index in [-0.39, 0.29) is 23.5 Å². The standard InChI is InChI=1S/C20H19N3O4S/c24-18(21-15-12-14-4-1-2-5-16(14)27-19(15)25)13-7-9-23(10-8-13)20(26)22-17-6-3-11-28-17/h1-6,11-13H,7-10H2,(H,21,24)(H,22,26). The minimum Gasteiger partial charge on any atom is -0.421 e. The van der Waals surface area contributed by atoms with Gasteiger partial charge in [-0.05, 0) is 42.5 Å². The number of para-hydroxylation sites is 1. The highest BCUT2D eigenvalue weighted by Crippen LogP contribution is 2.22. The zero-order valence-electron chi connectivity index (χ0n) is 15.0. The summed E-state index contributed by atoms with van der Waals surface area (Å²) in [6, 6.07) is 12.3. The number of rotatable bonds is 3. The Morgan fingerprint density at radius 2 is 1.86 bits per heavy atom. The van der Waals surface area contributed by atoms with Crippen molar-refractivity contribution < 1.29 is 14.0 Å². The Bertz CT molecular complexity index is 1050. The van der Waals surface area contributed by atoms with E-state index in [0.29, 0.717) is 31.5 Å². The molecule has 1 saturated heterocycles. The third-order valence-electron chi connectivity index (χ3n) is 4.80. The average molecular weight is 397 g/mol. The summed E-state index contributed by atoms with van der Waals surface area (Å²) >= 11 is 1.46. The molecule has 7 nitrogen and oxygen atoms in total. The molecule has 1 aliphatic rings. The van der Waals surface area contributed by atoms with Crippen molar-refractivity contribution in [3.63, 3.8) is 0 Å². The summed E-state index contributed by atoms with van der Waals surface area (Å²) in [7, 11) is 0. The molecule has 28 heavy (non-hydrogen) atoms. The fourth-order valence-electron chi connectivity index (χ4n) is 3.26. The first kappa shape index (κ1) is 18.2. The third-order valence-corrected chi connectivity index (χ3v) is 5.59. The molecule has 1 fully saturated rings. The second-order valence-corrected chi connectivity index (χ2v) is 7.59. The maximum Gasteiger partial charge on any atom is 0.360 e. The van der Waals surface area contributed by atoms with Crippen LogP contribution in [0, 0.1) is 5.92 Å². The maximum absolute atomic E-state index is 12.6. The van der Waals surface area contributed by atoms with Crippen LogP contribution in [0.5, 0.6) is 0 Å². The molecule has 0 radical (unpaired) electrons. The van der Waals surface area contributed by atoms with Crippen molar-refractivity contribution in [1.82, 2.24) is 4.90 Å². The van der Waals surface area contributed by atoms with Crippen LogP contribution in [0.15, 0.2) is 57.1 Å². The summed E-state index contributed by atoms with van der Waals surface area (Å²) in [5, 5.41) is 8.99. The Kier molecular flexibility index (Phi) is 5.12. The number of likely N-dealkylation sites (tertiary alicyclic amines) is 1. The number of piperidine rings is 1. The fraction of sp³-hybridized carbons (Fsp3) is 0.250. The fourth-order valence-corrected chi connectivity index (χ4v) is 3.87. The van der Waals surface area contributed by atoms with Gasteiger partial charge in [-0.3, -0.25) is 10.1 Å². The zero-order chi connectivity index (χ0) is 19.5. The lowest BCUT2D eigenvalue weighted by Gasteiger charge is -2.31. The molecule has 2 aromatic heterocycles. The van der Waals surface area contributed by atoms with E-state index in [1.54, 1.807) is 23.1 Å². The van der Waals surface area contributed by atoms with Gasteiger partial charge in [0.05, 0.1) is 5.00 Å². The molecule has 0 aliphatic carbocycles. The number of nitrogens with one attached hydrogen (secondary N) is 2. The van der Waals surface area contributed by atoms with Gasteiger partial charge in [-0.2, -0.15) is 0 Å². The van der Waals surface area contributed by atoms with Gasteiger partial charge >= 0.3 is 11.7 Å². The summed E-state index contributed by atoms with van der Waals surface area (Å²) in [5.41, 5.74) is 0.0527. The predicted molar refractivity (Wildman–Crippen MR) is 109 cm³/mol. The lowest BCUT2D eigenvalue weighted by atomic mass is 9.96. The number of anilines is 2. The van der Waals surface area contributed by atoms with Gasteiger partial charge in [-0.1, -0.05) is 18.2 Å². The van der Waals surface area contributed by atoms with Crippen LogP contribution in [0.1, 0.15) is 12.8 Å². The highest BCUT2D eigenvalue weighted by Gasteiger charge is 2.28. The molecule has 0 unspecified atom stereocenters. The second-order valence-electron chi connectivity index (χ2n) is 6.64. The van der Waals surface area contributed by atoms with Gasteiger partial charge in [0.1, 0.15) is 11.3 Å². The van der Waals surface area contributed by atoms with Gasteiger partial charge in [0.25, 0.3) is 0 Å². The number of fused-ring (bicyclic) bond motifs is 1. The molecular formula is C20H19N3O4S. The van der Waals surface area contributed by atoms with Gasteiger partial charge in [0.15, 0.2) is 0 Å². The van der Waals surface area contributed by atoms with Gasteiger partial charge in [0, 0.05) is 24.4 Å². The van der Waals surface area contributed by atoms with Gasteiger partial charge in [-0.15, -0.1) is 11.3 Å². The van der Waals surface area contributed by atoms with E-state index in [4.69, 9.17) is 4.42 Å². The maximum atomic E-state index is 12.6. The van der Waals surface area contributed by atoms with Gasteiger partial charge < -0.3 is 14.6 Å². The van der Waals surface area contributed by atoms with Crippen molar-refractivity contribution >= 4 is 44.9 Å². The minimum atomic E-state index is -0.570. The van der Waals surface area contributed by atoms with Crippen molar-refractivity contribution in [3.8, 4) is 0 Å². The highest BCUT2D eigenvalue weighted by molar-refractivity contribution is 7.14. The monoisotopic (exact) mass is 397 g/mol. The normalized spacial score (nSPS) is 14.8. The van der Waals surface area contributed by atoms with E-state index < -0.39 is 5.63 Å². The molecule has 0 atom stereocenters. The number of hydrogen-bond donors (Lipinski definition) is 2. The molecule has 2 N–H and O–H groups in total. The van der Waals surface area contributed by atoms with Crippen LogP contribution in [0.3, 0.4) is 0 Å². The quantitative estimate of drug-likeness (QED) is 0.659. The van der Waals surface area contributed by atoms with E-state index >= 15 is 0 Å². The summed E-state index contributed by atoms with van der Waals surface area (Å²) < 4.78 is 5.25. The van der Waals surface area contributed by atoms with Crippen LogP contribution in [-0.4, -0.2) is 29.9 Å². The topological polar surface area (TPSA) is 91.7 Å². The molecule has 3 aromatic rings. The first-order chi connectivity index (χ1) is 13.6. The molecule has 4 rings (SSSR count). The predicted octanol–water partition coefficient (Wildman–Crippen LogP) is 3.74. The van der Waals surface area contributed by atoms with Crippen molar-refractivity contribution in [2.45, 2.75) is 12.8 Å². The Labute approximate surface area is 165 Å². The second kappa shape index (κ2) is 7.85. The van der Waals surface area contributed by atoms with Crippen LogP contribution >= 0.6 is 11.3 Å². The van der Waals surface area contributed by atoms with Crippen LogP contribution < -0.4 is 16.3 Å². The van der Waals surface area contributed by atoms with E-state index in [0.717, 1.165) is 10.4 Å². The van der Waals surface area contributed by atoms with E-state index in [1.807, 2.05) is 29.6 Å². The van der Waals surface area contributed by atoms with Crippen molar-refractivity contribution in [2.24, 2.45) is 5.92 Å². The van der Waals surface area contributed by atoms with Crippen LogP contribution in [-0.2, 0) is 4.79 Å². The summed E-state index contributed by atoms with van der Waals surface area (Å²) in [5.74, 6) is -0.474. The zero-order valence-corrected chi connectivity index (χ0v) is 15.8. The molecule has 0 bridgehead atoms. The van der Waals surface area contributed by atoms with Gasteiger partial charge in [-0.25, -0.2) is 9.59 Å². The molecule has 3 heterocycles. The lowest BCUT2D eigenvalue weighted by Crippen LogP contribution is -2.43. The Morgan fingerprint density at radius 3 is 2.61 bits per heavy atom. The van der Waals surface area contributed by atoms with Crippen LogP contribution in [0.2, 0.25) is 0 Å². The number of carbonyl (C=O) groups is 2. The third kappa shape index (κ3) is 3.91. The first-order valence-electron chi connectivity index (χ1n) is 9.03. The molecule has 8 heteroatoms. The molecule has 1 aromatic carbocycles. The average Bonchev–Trinajstić information content (AvgIpc) is 3.21. The number of carbonyl (C=O) groups excluding carboxylic acids is 2. The number of benzene rings is 1. The molecule has 144 valence electrons.